The van der Waals surface area contributed by atoms with Crippen molar-refractivity contribution in [2.24, 2.45) is 0 Å². The Labute approximate surface area is 61.5 Å². The Balaban J connectivity index is -0.0000000800. The third-order valence-electron chi connectivity index (χ3n) is 0. The summed E-state index contributed by atoms with van der Waals surface area (Å²) in [6, 6.07) is 0. The van der Waals surface area contributed by atoms with Crippen molar-refractivity contribution in [2.45, 2.75) is 0 Å². The van der Waals surface area contributed by atoms with Gasteiger partial charge in [-0.25, -0.2) is 0 Å². The van der Waals surface area contributed by atoms with E-state index in [9.17, 15) is 0 Å². The predicted octanol–water partition coefficient (Wildman–Crippen LogP) is -2.83. The first-order valence-corrected chi connectivity index (χ1v) is 2.19. The molecule has 4 nitrogen and oxygen atoms in total. The van der Waals surface area contributed by atoms with Crippen molar-refractivity contribution in [3.8, 4) is 0 Å². The fraction of sp³-hybridized carbons (Fsp3) is 0. The first-order chi connectivity index (χ1) is 2.00. The molecule has 0 rings (SSSR count). The third-order valence-corrected chi connectivity index (χ3v) is 0. The van der Waals surface area contributed by atoms with E-state index in [0.29, 0.717) is 0 Å². The smallest absolute Gasteiger partial charge is 0.822 e. The van der Waals surface area contributed by atoms with E-state index in [0.717, 1.165) is 0 Å². The normalized spacial score (nSPS) is 8.43. The summed E-state index contributed by atoms with van der Waals surface area (Å²) in [6.07, 6.45) is 0. The van der Waals surface area contributed by atoms with Gasteiger partial charge in [0.2, 0.25) is 0 Å². The second kappa shape index (κ2) is 5.29. The standard InChI is InChI=1S/2Mn.H3O4P/c;;1-5(2,3)4/h;;(H3,1,2,3,4)/q;+2;/p-3. The van der Waals surface area contributed by atoms with Crippen LogP contribution in [-0.2, 0) is 38.7 Å². The van der Waals surface area contributed by atoms with Crippen molar-refractivity contribution < 1.29 is 53.4 Å². The van der Waals surface area contributed by atoms with Gasteiger partial charge >= 0.3 is 17.1 Å². The van der Waals surface area contributed by atoms with Crippen LogP contribution in [0.25, 0.3) is 0 Å². The molecule has 0 aromatic rings. The molecule has 44 valence electrons. The number of hydrogen-bond donors (Lipinski definition) is 0. The van der Waals surface area contributed by atoms with Crippen molar-refractivity contribution in [2.75, 3.05) is 0 Å². The molecule has 0 saturated heterocycles. The van der Waals surface area contributed by atoms with Crippen LogP contribution in [-0.4, -0.2) is 0 Å². The van der Waals surface area contributed by atoms with E-state index < -0.39 is 7.82 Å². The minimum atomic E-state index is -5.39. The van der Waals surface area contributed by atoms with Gasteiger partial charge in [0, 0.05) is 17.1 Å². The van der Waals surface area contributed by atoms with Crippen molar-refractivity contribution in [1.29, 1.82) is 0 Å². The summed E-state index contributed by atoms with van der Waals surface area (Å²) in [6.45, 7) is 0. The van der Waals surface area contributed by atoms with Crippen molar-refractivity contribution in [1.82, 2.24) is 0 Å². The van der Waals surface area contributed by atoms with Gasteiger partial charge in [-0.05, 0) is 0 Å². The van der Waals surface area contributed by atoms with Gasteiger partial charge in [-0.1, -0.05) is 0 Å². The minimum Gasteiger partial charge on any atom is -0.822 e. The average Bonchev–Trinajstić information content (AvgIpc) is 0.722. The van der Waals surface area contributed by atoms with Crippen LogP contribution in [0.3, 0.4) is 0 Å². The Morgan fingerprint density at radius 2 is 1.14 bits per heavy atom. The quantitative estimate of drug-likeness (QED) is 0.315. The summed E-state index contributed by atoms with van der Waals surface area (Å²) >= 11 is 0. The van der Waals surface area contributed by atoms with Crippen LogP contribution in [0.2, 0.25) is 0 Å². The monoisotopic (exact) mass is 205 g/mol. The van der Waals surface area contributed by atoms with Crippen LogP contribution in [0.15, 0.2) is 0 Å². The Morgan fingerprint density at radius 1 is 1.14 bits per heavy atom. The summed E-state index contributed by atoms with van der Waals surface area (Å²) in [4.78, 5) is 25.6. The number of rotatable bonds is 0. The maximum atomic E-state index is 8.55. The first-order valence-electron chi connectivity index (χ1n) is 0.730. The largest absolute Gasteiger partial charge is 2.00 e. The maximum Gasteiger partial charge on any atom is 2.00 e. The van der Waals surface area contributed by atoms with Gasteiger partial charge in [0.05, 0.1) is 0 Å². The van der Waals surface area contributed by atoms with Crippen molar-refractivity contribution in [3.63, 3.8) is 0 Å². The molecule has 0 aliphatic rings. The Hall–Kier alpha value is 1.15. The van der Waals surface area contributed by atoms with Gasteiger partial charge in [0.1, 0.15) is 0 Å². The molecule has 0 aliphatic heterocycles. The summed E-state index contributed by atoms with van der Waals surface area (Å²) in [5.74, 6) is 0. The summed E-state index contributed by atoms with van der Waals surface area (Å²) in [5.41, 5.74) is 0. The Bertz CT molecular complexity index is 55.8. The molecule has 0 aliphatic carbocycles. The first kappa shape index (κ1) is 15.7. The molecule has 0 aromatic heterocycles. The third kappa shape index (κ3) is 144. The fourth-order valence-corrected chi connectivity index (χ4v) is 0. The second-order valence-electron chi connectivity index (χ2n) is 0.447. The summed E-state index contributed by atoms with van der Waals surface area (Å²) in [7, 11) is -5.39. The molecule has 0 bridgehead atoms. The van der Waals surface area contributed by atoms with Crippen LogP contribution in [0.4, 0.5) is 0 Å². The van der Waals surface area contributed by atoms with E-state index in [1.54, 1.807) is 0 Å². The molecular formula is Mn2O4P-. The molecule has 7 heavy (non-hydrogen) atoms. The fourth-order valence-electron chi connectivity index (χ4n) is 0. The molecule has 0 unspecified atom stereocenters. The summed E-state index contributed by atoms with van der Waals surface area (Å²) < 4.78 is 8.55. The van der Waals surface area contributed by atoms with Gasteiger partial charge in [-0.15, -0.1) is 0 Å². The van der Waals surface area contributed by atoms with Crippen LogP contribution in [0, 0.1) is 0 Å². The topological polar surface area (TPSA) is 86.2 Å². The maximum absolute atomic E-state index is 8.55. The summed E-state index contributed by atoms with van der Waals surface area (Å²) in [5, 5.41) is 0. The van der Waals surface area contributed by atoms with Gasteiger partial charge in [-0.2, -0.15) is 7.82 Å². The van der Waals surface area contributed by atoms with Crippen LogP contribution in [0.1, 0.15) is 0 Å². The predicted molar refractivity (Wildman–Crippen MR) is 7.61 cm³/mol. The molecule has 0 saturated carbocycles. The van der Waals surface area contributed by atoms with E-state index >= 15 is 0 Å². The van der Waals surface area contributed by atoms with E-state index in [2.05, 4.69) is 0 Å². The van der Waals surface area contributed by atoms with Crippen molar-refractivity contribution >= 4 is 7.82 Å². The zero-order valence-electron chi connectivity index (χ0n) is 2.84. The minimum absolute atomic E-state index is 0. The van der Waals surface area contributed by atoms with E-state index in [4.69, 9.17) is 19.2 Å². The molecule has 0 amide bonds. The van der Waals surface area contributed by atoms with Crippen LogP contribution >= 0.6 is 7.82 Å². The van der Waals surface area contributed by atoms with E-state index in [1.807, 2.05) is 0 Å². The molecule has 2 radical (unpaired) electrons. The zero-order valence-corrected chi connectivity index (χ0v) is 6.09. The molecule has 7 heteroatoms. The molecule has 0 atom stereocenters. The van der Waals surface area contributed by atoms with Crippen molar-refractivity contribution in [3.05, 3.63) is 0 Å². The molecular weight excluding hydrogens is 205 g/mol. The average molecular weight is 205 g/mol. The number of hydrogen-bond acceptors (Lipinski definition) is 4. The Kier molecular flexibility index (Phi) is 11.9. The van der Waals surface area contributed by atoms with Crippen LogP contribution in [0.5, 0.6) is 0 Å². The Morgan fingerprint density at radius 3 is 1.14 bits per heavy atom. The number of phosphoric acid groups is 1. The van der Waals surface area contributed by atoms with Gasteiger partial charge in [0.25, 0.3) is 0 Å². The van der Waals surface area contributed by atoms with Crippen LogP contribution < -0.4 is 14.7 Å². The molecule has 0 N–H and O–H groups in total. The SMILES string of the molecule is O=P([O-])([O-])[O-].[Mn+2].[Mn]. The van der Waals surface area contributed by atoms with Gasteiger partial charge in [-0.3, -0.25) is 0 Å². The molecule has 0 spiro atoms. The molecule has 0 aromatic carbocycles. The molecule has 0 fully saturated rings. The second-order valence-corrected chi connectivity index (χ2v) is 1.34. The van der Waals surface area contributed by atoms with Gasteiger partial charge < -0.3 is 19.2 Å². The zero-order chi connectivity index (χ0) is 4.50. The molecule has 0 heterocycles. The van der Waals surface area contributed by atoms with Gasteiger partial charge in [0.15, 0.2) is 0 Å². The van der Waals surface area contributed by atoms with E-state index in [1.165, 1.54) is 0 Å². The van der Waals surface area contributed by atoms with E-state index in [-0.39, 0.29) is 34.1 Å².